The van der Waals surface area contributed by atoms with E-state index in [4.69, 9.17) is 23.2 Å². The summed E-state index contributed by atoms with van der Waals surface area (Å²) < 4.78 is 4.52. The van der Waals surface area contributed by atoms with Crippen molar-refractivity contribution in [3.8, 4) is 5.69 Å². The van der Waals surface area contributed by atoms with E-state index < -0.39 is 5.69 Å². The Morgan fingerprint density at radius 1 is 1.00 bits per heavy atom. The minimum absolute atomic E-state index is 0.128. The van der Waals surface area contributed by atoms with Crippen LogP contribution in [-0.2, 0) is 13.1 Å². The Kier molecular flexibility index (Phi) is 5.54. The molecular weight excluding hydrogens is 423 g/mol. The average molecular weight is 443 g/mol. The molecule has 2 heterocycles. The minimum Gasteiger partial charge on any atom is -0.320 e. The molecule has 0 saturated heterocycles. The van der Waals surface area contributed by atoms with E-state index in [0.717, 1.165) is 5.56 Å². The molecule has 154 valence electrons. The normalized spacial score (nSPS) is 11.5. The standard InChI is InChI=1S/C22H20Cl2N4O2/c1-14(2)11-27-21(29)19-20(28(22(27)30)16-6-4-3-5-7-16)25-13-26(19)12-15-8-9-17(23)18(24)10-15/h3-10,13-14H,11-12H2,1-2H3. The van der Waals surface area contributed by atoms with Crippen LogP contribution in [0, 0.1) is 5.92 Å². The summed E-state index contributed by atoms with van der Waals surface area (Å²) >= 11 is 12.2. The molecule has 4 rings (SSSR count). The molecule has 8 heteroatoms. The number of rotatable bonds is 5. The van der Waals surface area contributed by atoms with Gasteiger partial charge in [0.1, 0.15) is 0 Å². The van der Waals surface area contributed by atoms with Crippen molar-refractivity contribution in [2.75, 3.05) is 0 Å². The van der Waals surface area contributed by atoms with Gasteiger partial charge in [-0.15, -0.1) is 0 Å². The summed E-state index contributed by atoms with van der Waals surface area (Å²) in [6.07, 6.45) is 1.58. The first-order chi connectivity index (χ1) is 14.4. The third-order valence-corrected chi connectivity index (χ3v) is 5.54. The summed E-state index contributed by atoms with van der Waals surface area (Å²) in [6, 6.07) is 14.5. The van der Waals surface area contributed by atoms with E-state index in [0.29, 0.717) is 40.0 Å². The van der Waals surface area contributed by atoms with Gasteiger partial charge in [-0.2, -0.15) is 0 Å². The van der Waals surface area contributed by atoms with Gasteiger partial charge in [-0.3, -0.25) is 9.36 Å². The van der Waals surface area contributed by atoms with E-state index in [1.54, 1.807) is 23.0 Å². The van der Waals surface area contributed by atoms with E-state index >= 15 is 0 Å². The van der Waals surface area contributed by atoms with Crippen LogP contribution in [0.3, 0.4) is 0 Å². The number of hydrogen-bond donors (Lipinski definition) is 0. The van der Waals surface area contributed by atoms with Crippen molar-refractivity contribution in [2.45, 2.75) is 26.9 Å². The monoisotopic (exact) mass is 442 g/mol. The molecule has 4 aromatic rings. The zero-order chi connectivity index (χ0) is 21.4. The Morgan fingerprint density at radius 2 is 1.73 bits per heavy atom. The highest BCUT2D eigenvalue weighted by atomic mass is 35.5. The number of fused-ring (bicyclic) bond motifs is 1. The molecule has 6 nitrogen and oxygen atoms in total. The largest absolute Gasteiger partial charge is 0.337 e. The second-order valence-corrected chi connectivity index (χ2v) is 8.37. The number of imidazole rings is 1. The molecular formula is C22H20Cl2N4O2. The molecule has 2 aromatic carbocycles. The highest BCUT2D eigenvalue weighted by Crippen LogP contribution is 2.23. The van der Waals surface area contributed by atoms with Crippen molar-refractivity contribution in [3.63, 3.8) is 0 Å². The van der Waals surface area contributed by atoms with Crippen LogP contribution in [0.25, 0.3) is 16.9 Å². The van der Waals surface area contributed by atoms with Crippen molar-refractivity contribution >= 4 is 34.4 Å². The molecule has 0 N–H and O–H groups in total. The summed E-state index contributed by atoms with van der Waals surface area (Å²) in [5.41, 5.74) is 1.47. The maximum absolute atomic E-state index is 13.3. The lowest BCUT2D eigenvalue weighted by Gasteiger charge is -2.14. The Morgan fingerprint density at radius 3 is 2.40 bits per heavy atom. The lowest BCUT2D eigenvalue weighted by atomic mass is 10.2. The molecule has 0 saturated carbocycles. The van der Waals surface area contributed by atoms with Gasteiger partial charge < -0.3 is 4.57 Å². The second-order valence-electron chi connectivity index (χ2n) is 7.56. The van der Waals surface area contributed by atoms with Crippen molar-refractivity contribution in [3.05, 3.63) is 91.3 Å². The fourth-order valence-corrected chi connectivity index (χ4v) is 3.79. The van der Waals surface area contributed by atoms with Gasteiger partial charge >= 0.3 is 5.69 Å². The van der Waals surface area contributed by atoms with Gasteiger partial charge in [0.05, 0.1) is 22.1 Å². The van der Waals surface area contributed by atoms with Gasteiger partial charge in [-0.25, -0.2) is 14.3 Å². The first-order valence-electron chi connectivity index (χ1n) is 9.57. The summed E-state index contributed by atoms with van der Waals surface area (Å²) in [6.45, 7) is 4.63. The highest BCUT2D eigenvalue weighted by molar-refractivity contribution is 6.42. The highest BCUT2D eigenvalue weighted by Gasteiger charge is 2.20. The van der Waals surface area contributed by atoms with Crippen molar-refractivity contribution in [1.82, 2.24) is 18.7 Å². The molecule has 30 heavy (non-hydrogen) atoms. The SMILES string of the molecule is CC(C)Cn1c(=O)c2c(ncn2Cc2ccc(Cl)c(Cl)c2)n(-c2ccccc2)c1=O. The smallest absolute Gasteiger partial charge is 0.320 e. The molecule has 0 aliphatic rings. The minimum atomic E-state index is -0.396. The number of hydrogen-bond acceptors (Lipinski definition) is 3. The number of halogens is 2. The molecule has 2 aromatic heterocycles. The topological polar surface area (TPSA) is 61.8 Å². The van der Waals surface area contributed by atoms with Gasteiger partial charge in [0, 0.05) is 13.1 Å². The van der Waals surface area contributed by atoms with Crippen LogP contribution in [-0.4, -0.2) is 18.7 Å². The van der Waals surface area contributed by atoms with E-state index in [2.05, 4.69) is 4.98 Å². The van der Waals surface area contributed by atoms with E-state index in [1.807, 2.05) is 50.2 Å². The van der Waals surface area contributed by atoms with Crippen LogP contribution in [0.1, 0.15) is 19.4 Å². The van der Waals surface area contributed by atoms with E-state index in [-0.39, 0.29) is 11.5 Å². The molecule has 0 fully saturated rings. The predicted octanol–water partition coefficient (Wildman–Crippen LogP) is 4.36. The molecule has 0 radical (unpaired) electrons. The molecule has 0 unspecified atom stereocenters. The van der Waals surface area contributed by atoms with Gasteiger partial charge in [0.15, 0.2) is 11.2 Å². The van der Waals surface area contributed by atoms with E-state index in [9.17, 15) is 9.59 Å². The summed E-state index contributed by atoms with van der Waals surface area (Å²) in [7, 11) is 0. The van der Waals surface area contributed by atoms with Crippen molar-refractivity contribution in [1.29, 1.82) is 0 Å². The Balaban J connectivity index is 1.97. The van der Waals surface area contributed by atoms with Gasteiger partial charge in [0.25, 0.3) is 5.56 Å². The van der Waals surface area contributed by atoms with Crippen LogP contribution >= 0.6 is 23.2 Å². The maximum Gasteiger partial charge on any atom is 0.337 e. The number of benzene rings is 2. The van der Waals surface area contributed by atoms with Crippen LogP contribution in [0.2, 0.25) is 10.0 Å². The fourth-order valence-electron chi connectivity index (χ4n) is 3.47. The van der Waals surface area contributed by atoms with Crippen molar-refractivity contribution < 1.29 is 0 Å². The third kappa shape index (κ3) is 3.68. The van der Waals surface area contributed by atoms with Crippen LogP contribution < -0.4 is 11.2 Å². The Hall–Kier alpha value is -2.83. The number of para-hydroxylation sites is 1. The van der Waals surface area contributed by atoms with Crippen LogP contribution in [0.15, 0.2) is 64.4 Å². The summed E-state index contributed by atoms with van der Waals surface area (Å²) in [5.74, 6) is 0.128. The summed E-state index contributed by atoms with van der Waals surface area (Å²) in [5, 5.41) is 0.908. The molecule has 0 atom stereocenters. The fraction of sp³-hybridized carbons (Fsp3) is 0.227. The first-order valence-corrected chi connectivity index (χ1v) is 10.3. The Bertz CT molecular complexity index is 1340. The molecule has 0 aliphatic heterocycles. The van der Waals surface area contributed by atoms with Gasteiger partial charge in [-0.1, -0.05) is 61.3 Å². The lowest BCUT2D eigenvalue weighted by molar-refractivity contribution is 0.489. The van der Waals surface area contributed by atoms with Crippen LogP contribution in [0.5, 0.6) is 0 Å². The van der Waals surface area contributed by atoms with Gasteiger partial charge in [-0.05, 0) is 35.7 Å². The Labute approximate surface area is 182 Å². The van der Waals surface area contributed by atoms with Gasteiger partial charge in [0.2, 0.25) is 0 Å². The zero-order valence-corrected chi connectivity index (χ0v) is 18.1. The summed E-state index contributed by atoms with van der Waals surface area (Å²) in [4.78, 5) is 31.0. The third-order valence-electron chi connectivity index (χ3n) is 4.80. The molecule has 0 spiro atoms. The molecule has 0 amide bonds. The van der Waals surface area contributed by atoms with E-state index in [1.165, 1.54) is 9.13 Å². The van der Waals surface area contributed by atoms with Crippen LogP contribution in [0.4, 0.5) is 0 Å². The quantitative estimate of drug-likeness (QED) is 0.461. The number of nitrogens with zero attached hydrogens (tertiary/aromatic N) is 4. The second kappa shape index (κ2) is 8.13. The number of aromatic nitrogens is 4. The molecule has 0 bridgehead atoms. The molecule has 0 aliphatic carbocycles. The lowest BCUT2D eigenvalue weighted by Crippen LogP contribution is -2.41. The van der Waals surface area contributed by atoms with Crippen molar-refractivity contribution in [2.24, 2.45) is 5.92 Å². The zero-order valence-electron chi connectivity index (χ0n) is 16.5. The first kappa shape index (κ1) is 20.4. The maximum atomic E-state index is 13.3. The predicted molar refractivity (Wildman–Crippen MR) is 120 cm³/mol. The average Bonchev–Trinajstić information content (AvgIpc) is 3.12.